The van der Waals surface area contributed by atoms with Crippen LogP contribution in [-0.2, 0) is 0 Å². The summed E-state index contributed by atoms with van der Waals surface area (Å²) in [5, 5.41) is 21.4. The molecule has 0 radical (unpaired) electrons. The average molecular weight is 434 g/mol. The molecule has 3 aromatic rings. The Morgan fingerprint density at radius 2 is 1.94 bits per heavy atom. The second-order valence-electron chi connectivity index (χ2n) is 8.45. The smallest absolute Gasteiger partial charge is 0.204 e. The lowest BCUT2D eigenvalue weighted by molar-refractivity contribution is 0.243. The minimum atomic E-state index is -0.696. The standard InChI is InChI=1S/C26H26O6/c1-13(2)6-8-16-18(27)12-21-22(24(16)28)25(29)23-20(10-14(3)4)31-19-11-15(30-5)7-9-17(19)26(23)32-21/h6-13,20,27-28H,1-5H3/b8-6+/t20-/m1/s1. The Balaban J connectivity index is 2.07. The zero-order valence-corrected chi connectivity index (χ0v) is 18.7. The molecule has 0 saturated heterocycles. The topological polar surface area (TPSA) is 89.1 Å². The van der Waals surface area contributed by atoms with Gasteiger partial charge in [-0.05, 0) is 38.0 Å². The summed E-state index contributed by atoms with van der Waals surface area (Å²) in [6.07, 6.45) is 4.58. The maximum atomic E-state index is 13.7. The molecule has 0 bridgehead atoms. The van der Waals surface area contributed by atoms with Crippen molar-refractivity contribution in [2.75, 3.05) is 7.11 Å². The number of phenols is 2. The van der Waals surface area contributed by atoms with Gasteiger partial charge in [0, 0.05) is 12.1 Å². The third kappa shape index (κ3) is 3.62. The molecule has 2 heterocycles. The molecule has 1 atom stereocenters. The summed E-state index contributed by atoms with van der Waals surface area (Å²) in [5.74, 6) is 1.20. The van der Waals surface area contributed by atoms with Gasteiger partial charge in [0.05, 0.1) is 23.8 Å². The van der Waals surface area contributed by atoms with E-state index in [0.717, 1.165) is 5.57 Å². The van der Waals surface area contributed by atoms with Crippen molar-refractivity contribution in [1.82, 2.24) is 0 Å². The Bertz CT molecular complexity index is 1320. The van der Waals surface area contributed by atoms with Crippen LogP contribution in [0.4, 0.5) is 0 Å². The maximum absolute atomic E-state index is 13.7. The van der Waals surface area contributed by atoms with Crippen molar-refractivity contribution in [3.63, 3.8) is 0 Å². The monoisotopic (exact) mass is 434 g/mol. The van der Waals surface area contributed by atoms with Crippen LogP contribution in [0.3, 0.4) is 0 Å². The Kier molecular flexibility index (Phi) is 5.46. The molecular formula is C26H26O6. The number of fused-ring (bicyclic) bond motifs is 4. The lowest BCUT2D eigenvalue weighted by Gasteiger charge is -2.26. The van der Waals surface area contributed by atoms with Gasteiger partial charge in [-0.25, -0.2) is 0 Å². The number of allylic oxidation sites excluding steroid dienone is 2. The molecule has 32 heavy (non-hydrogen) atoms. The van der Waals surface area contributed by atoms with Crippen LogP contribution < -0.4 is 14.9 Å². The van der Waals surface area contributed by atoms with E-state index in [9.17, 15) is 15.0 Å². The van der Waals surface area contributed by atoms with E-state index in [1.807, 2.05) is 39.8 Å². The van der Waals surface area contributed by atoms with Crippen LogP contribution >= 0.6 is 0 Å². The highest BCUT2D eigenvalue weighted by Crippen LogP contribution is 2.46. The number of phenolic OH excluding ortho intramolecular Hbond substituents is 2. The van der Waals surface area contributed by atoms with Gasteiger partial charge in [0.25, 0.3) is 0 Å². The van der Waals surface area contributed by atoms with Crippen LogP contribution in [0.1, 0.15) is 44.9 Å². The van der Waals surface area contributed by atoms with E-state index in [1.54, 1.807) is 31.4 Å². The Morgan fingerprint density at radius 1 is 1.19 bits per heavy atom. The second-order valence-corrected chi connectivity index (χ2v) is 8.45. The highest BCUT2D eigenvalue weighted by molar-refractivity contribution is 5.92. The van der Waals surface area contributed by atoms with Crippen molar-refractivity contribution < 1.29 is 24.1 Å². The first-order valence-corrected chi connectivity index (χ1v) is 10.4. The molecule has 0 spiro atoms. The predicted molar refractivity (Wildman–Crippen MR) is 124 cm³/mol. The third-order valence-corrected chi connectivity index (χ3v) is 5.31. The first-order valence-electron chi connectivity index (χ1n) is 10.4. The summed E-state index contributed by atoms with van der Waals surface area (Å²) in [5.41, 5.74) is 1.74. The van der Waals surface area contributed by atoms with E-state index >= 15 is 0 Å². The first-order chi connectivity index (χ1) is 15.2. The van der Waals surface area contributed by atoms with E-state index in [2.05, 4.69) is 0 Å². The van der Waals surface area contributed by atoms with Crippen LogP contribution in [0.2, 0.25) is 0 Å². The predicted octanol–water partition coefficient (Wildman–Crippen LogP) is 5.95. The molecular weight excluding hydrogens is 408 g/mol. The molecule has 4 rings (SSSR count). The fourth-order valence-corrected chi connectivity index (χ4v) is 3.79. The highest BCUT2D eigenvalue weighted by Gasteiger charge is 2.32. The van der Waals surface area contributed by atoms with Crippen LogP contribution in [0, 0.1) is 5.92 Å². The van der Waals surface area contributed by atoms with Crippen LogP contribution in [0.5, 0.6) is 23.0 Å². The molecule has 0 fully saturated rings. The van der Waals surface area contributed by atoms with Crippen LogP contribution in [0.15, 0.2) is 51.2 Å². The van der Waals surface area contributed by atoms with Crippen molar-refractivity contribution in [1.29, 1.82) is 0 Å². The van der Waals surface area contributed by atoms with Gasteiger partial charge in [-0.15, -0.1) is 0 Å². The largest absolute Gasteiger partial charge is 0.507 e. The van der Waals surface area contributed by atoms with Crippen molar-refractivity contribution in [3.05, 3.63) is 63.3 Å². The molecule has 0 saturated carbocycles. The van der Waals surface area contributed by atoms with Gasteiger partial charge in [0.1, 0.15) is 45.8 Å². The van der Waals surface area contributed by atoms with E-state index in [-0.39, 0.29) is 33.9 Å². The molecule has 166 valence electrons. The quantitative estimate of drug-likeness (QED) is 0.493. The van der Waals surface area contributed by atoms with Gasteiger partial charge in [0.2, 0.25) is 5.43 Å². The van der Waals surface area contributed by atoms with Gasteiger partial charge >= 0.3 is 0 Å². The average Bonchev–Trinajstić information content (AvgIpc) is 2.72. The number of methoxy groups -OCH3 is 1. The van der Waals surface area contributed by atoms with E-state index < -0.39 is 11.5 Å². The molecule has 1 aliphatic rings. The summed E-state index contributed by atoms with van der Waals surface area (Å²) < 4.78 is 17.6. The summed E-state index contributed by atoms with van der Waals surface area (Å²) in [6, 6.07) is 6.63. The molecule has 6 heteroatoms. The molecule has 1 aliphatic heterocycles. The van der Waals surface area contributed by atoms with Crippen molar-refractivity contribution in [2.45, 2.75) is 33.8 Å². The van der Waals surface area contributed by atoms with Gasteiger partial charge < -0.3 is 24.1 Å². The Hall–Kier alpha value is -3.67. The zero-order valence-electron chi connectivity index (χ0n) is 18.7. The highest BCUT2D eigenvalue weighted by atomic mass is 16.5. The molecule has 0 aliphatic carbocycles. The summed E-state index contributed by atoms with van der Waals surface area (Å²) in [6.45, 7) is 7.78. The molecule has 0 unspecified atom stereocenters. The summed E-state index contributed by atoms with van der Waals surface area (Å²) >= 11 is 0. The fourth-order valence-electron chi connectivity index (χ4n) is 3.79. The zero-order chi connectivity index (χ0) is 23.2. The SMILES string of the molecule is COc1ccc2c(c1)O[C@H](C=C(C)C)c1c-2oc2cc(O)c(/C=C/C(C)C)c(O)c2c1=O. The molecule has 6 nitrogen and oxygen atoms in total. The molecule has 1 aromatic heterocycles. The number of rotatable bonds is 4. The van der Waals surface area contributed by atoms with Crippen molar-refractivity contribution >= 4 is 17.0 Å². The number of aromatic hydroxyl groups is 2. The van der Waals surface area contributed by atoms with Crippen LogP contribution in [-0.4, -0.2) is 17.3 Å². The van der Waals surface area contributed by atoms with Gasteiger partial charge in [-0.2, -0.15) is 0 Å². The Morgan fingerprint density at radius 3 is 2.59 bits per heavy atom. The minimum absolute atomic E-state index is 0.0117. The number of ether oxygens (including phenoxy) is 2. The summed E-state index contributed by atoms with van der Waals surface area (Å²) in [7, 11) is 1.57. The van der Waals surface area contributed by atoms with E-state index in [0.29, 0.717) is 28.4 Å². The lowest BCUT2D eigenvalue weighted by atomic mass is 9.94. The molecule has 0 amide bonds. The van der Waals surface area contributed by atoms with Gasteiger partial charge in [-0.1, -0.05) is 31.6 Å². The minimum Gasteiger partial charge on any atom is -0.507 e. The molecule has 2 N–H and O–H groups in total. The normalized spacial score (nSPS) is 14.9. The maximum Gasteiger partial charge on any atom is 0.204 e. The first kappa shape index (κ1) is 21.6. The van der Waals surface area contributed by atoms with Crippen molar-refractivity contribution in [2.24, 2.45) is 5.92 Å². The Labute approximate surface area is 186 Å². The number of hydrogen-bond acceptors (Lipinski definition) is 6. The lowest BCUT2D eigenvalue weighted by Crippen LogP contribution is -2.22. The third-order valence-electron chi connectivity index (χ3n) is 5.31. The van der Waals surface area contributed by atoms with Crippen LogP contribution in [0.25, 0.3) is 28.4 Å². The summed E-state index contributed by atoms with van der Waals surface area (Å²) in [4.78, 5) is 13.7. The van der Waals surface area contributed by atoms with E-state index in [1.165, 1.54) is 6.07 Å². The molecule has 2 aromatic carbocycles. The van der Waals surface area contributed by atoms with Gasteiger partial charge in [0.15, 0.2) is 0 Å². The van der Waals surface area contributed by atoms with Gasteiger partial charge in [-0.3, -0.25) is 4.79 Å². The number of benzene rings is 2. The second kappa shape index (κ2) is 8.11. The van der Waals surface area contributed by atoms with Crippen molar-refractivity contribution in [3.8, 4) is 34.3 Å². The fraction of sp³-hybridized carbons (Fsp3) is 0.269. The van der Waals surface area contributed by atoms with E-state index in [4.69, 9.17) is 13.9 Å². The number of hydrogen-bond donors (Lipinski definition) is 2.